The summed E-state index contributed by atoms with van der Waals surface area (Å²) in [6.45, 7) is 3.97. The number of carbonyl (C=O) groups excluding carboxylic acids is 1. The molecule has 3 atom stereocenters. The Kier molecular flexibility index (Phi) is 4.39. The highest BCUT2D eigenvalue weighted by molar-refractivity contribution is 5.83. The van der Waals surface area contributed by atoms with Crippen molar-refractivity contribution in [2.45, 2.75) is 38.9 Å². The molecule has 0 saturated carbocycles. The summed E-state index contributed by atoms with van der Waals surface area (Å²) in [5, 5.41) is 14.9. The number of hydrogen-bond donors (Lipinski definition) is 3. The molecule has 0 spiro atoms. The molecule has 108 valence electrons. The van der Waals surface area contributed by atoms with Gasteiger partial charge in [-0.3, -0.25) is 9.59 Å². The van der Waals surface area contributed by atoms with Crippen LogP contribution in [0.3, 0.4) is 0 Å². The molecule has 0 aliphatic carbocycles. The molecule has 0 bridgehead atoms. The molecule has 0 aromatic heterocycles. The lowest BCUT2D eigenvalue weighted by molar-refractivity contribution is -0.142. The summed E-state index contributed by atoms with van der Waals surface area (Å²) in [6.07, 6.45) is 0.635. The van der Waals surface area contributed by atoms with Crippen molar-refractivity contribution in [3.63, 3.8) is 0 Å². The Morgan fingerprint density at radius 2 is 1.95 bits per heavy atom. The van der Waals surface area contributed by atoms with Crippen molar-refractivity contribution in [2.75, 3.05) is 0 Å². The summed E-state index contributed by atoms with van der Waals surface area (Å²) in [5.74, 6) is -1.64. The summed E-state index contributed by atoms with van der Waals surface area (Å²) in [7, 11) is 0. The number of rotatable bonds is 4. The third-order valence-corrected chi connectivity index (χ3v) is 3.91. The number of carboxylic acids is 1. The van der Waals surface area contributed by atoms with Gasteiger partial charge in [0.25, 0.3) is 0 Å². The maximum absolute atomic E-state index is 12.2. The summed E-state index contributed by atoms with van der Waals surface area (Å²) < 4.78 is 0. The van der Waals surface area contributed by atoms with Gasteiger partial charge in [0.2, 0.25) is 5.91 Å². The fraction of sp³-hybridized carbons (Fsp3) is 0.467. The molecule has 0 saturated heterocycles. The standard InChI is InChI=1S/C15H20N2O3/c1-9(15(19)20)10(2)17-14(18)13-7-11-5-3-4-6-12(11)8-16-13/h3-6,9-10,13,16H,7-8H2,1-2H3,(H,17,18)(H,19,20)/t9?,10?,13-/m1/s1. The maximum Gasteiger partial charge on any atom is 0.308 e. The Morgan fingerprint density at radius 1 is 1.30 bits per heavy atom. The first-order valence-electron chi connectivity index (χ1n) is 6.82. The van der Waals surface area contributed by atoms with E-state index in [-0.39, 0.29) is 18.0 Å². The van der Waals surface area contributed by atoms with Crippen LogP contribution in [-0.2, 0) is 22.6 Å². The minimum Gasteiger partial charge on any atom is -0.481 e. The summed E-state index contributed by atoms with van der Waals surface area (Å²) in [5.41, 5.74) is 2.38. The lowest BCUT2D eigenvalue weighted by Gasteiger charge is -2.27. The molecular formula is C15H20N2O3. The van der Waals surface area contributed by atoms with Gasteiger partial charge < -0.3 is 15.7 Å². The lowest BCUT2D eigenvalue weighted by atomic mass is 9.95. The zero-order valence-electron chi connectivity index (χ0n) is 11.7. The van der Waals surface area contributed by atoms with Crippen LogP contribution in [0.2, 0.25) is 0 Å². The number of fused-ring (bicyclic) bond motifs is 1. The molecule has 0 fully saturated rings. The number of hydrogen-bond acceptors (Lipinski definition) is 3. The van der Waals surface area contributed by atoms with Crippen LogP contribution in [0.5, 0.6) is 0 Å². The SMILES string of the molecule is CC(NC(=O)[C@H]1Cc2ccccc2CN1)C(C)C(=O)O. The van der Waals surface area contributed by atoms with E-state index in [4.69, 9.17) is 5.11 Å². The van der Waals surface area contributed by atoms with Gasteiger partial charge in [-0.1, -0.05) is 24.3 Å². The highest BCUT2D eigenvalue weighted by atomic mass is 16.4. The molecule has 3 N–H and O–H groups in total. The summed E-state index contributed by atoms with van der Waals surface area (Å²) >= 11 is 0. The lowest BCUT2D eigenvalue weighted by Crippen LogP contribution is -2.51. The van der Waals surface area contributed by atoms with Crippen molar-refractivity contribution in [3.05, 3.63) is 35.4 Å². The third-order valence-electron chi connectivity index (χ3n) is 3.91. The molecule has 0 radical (unpaired) electrons. The fourth-order valence-electron chi connectivity index (χ4n) is 2.30. The monoisotopic (exact) mass is 276 g/mol. The van der Waals surface area contributed by atoms with Gasteiger partial charge in [-0.15, -0.1) is 0 Å². The maximum atomic E-state index is 12.2. The Hall–Kier alpha value is -1.88. The van der Waals surface area contributed by atoms with E-state index >= 15 is 0 Å². The number of aliphatic carboxylic acids is 1. The minimum atomic E-state index is -0.903. The van der Waals surface area contributed by atoms with E-state index in [1.165, 1.54) is 11.1 Å². The molecule has 1 aliphatic heterocycles. The average molecular weight is 276 g/mol. The zero-order chi connectivity index (χ0) is 14.7. The van der Waals surface area contributed by atoms with Gasteiger partial charge in [-0.05, 0) is 31.4 Å². The molecule has 2 unspecified atom stereocenters. The van der Waals surface area contributed by atoms with E-state index in [1.807, 2.05) is 24.3 Å². The smallest absolute Gasteiger partial charge is 0.308 e. The Labute approximate surface area is 118 Å². The van der Waals surface area contributed by atoms with Gasteiger partial charge in [0.15, 0.2) is 0 Å². The van der Waals surface area contributed by atoms with Crippen molar-refractivity contribution in [3.8, 4) is 0 Å². The first kappa shape index (κ1) is 14.5. The van der Waals surface area contributed by atoms with E-state index in [1.54, 1.807) is 13.8 Å². The third kappa shape index (κ3) is 3.17. The molecule has 1 heterocycles. The molecule has 5 heteroatoms. The molecule has 1 aromatic rings. The van der Waals surface area contributed by atoms with Crippen LogP contribution >= 0.6 is 0 Å². The number of amides is 1. The van der Waals surface area contributed by atoms with Crippen molar-refractivity contribution in [1.29, 1.82) is 0 Å². The van der Waals surface area contributed by atoms with E-state index in [2.05, 4.69) is 10.6 Å². The number of carboxylic acid groups (broad SMARTS) is 1. The first-order chi connectivity index (χ1) is 9.49. The van der Waals surface area contributed by atoms with Gasteiger partial charge in [-0.25, -0.2) is 0 Å². The highest BCUT2D eigenvalue weighted by Crippen LogP contribution is 2.16. The van der Waals surface area contributed by atoms with Crippen molar-refractivity contribution < 1.29 is 14.7 Å². The van der Waals surface area contributed by atoms with E-state index in [9.17, 15) is 9.59 Å². The number of carbonyl (C=O) groups is 2. The van der Waals surface area contributed by atoms with E-state index in [0.717, 1.165) is 0 Å². The number of nitrogens with one attached hydrogen (secondary N) is 2. The molecule has 1 amide bonds. The Morgan fingerprint density at radius 3 is 2.60 bits per heavy atom. The van der Waals surface area contributed by atoms with Gasteiger partial charge in [0.1, 0.15) is 0 Å². The zero-order valence-corrected chi connectivity index (χ0v) is 11.7. The van der Waals surface area contributed by atoms with Crippen LogP contribution in [0.25, 0.3) is 0 Å². The second-order valence-corrected chi connectivity index (χ2v) is 5.33. The second kappa shape index (κ2) is 6.05. The predicted molar refractivity (Wildman–Crippen MR) is 75.2 cm³/mol. The Bertz CT molecular complexity index is 516. The summed E-state index contributed by atoms with van der Waals surface area (Å²) in [6, 6.07) is 7.34. The fourth-order valence-corrected chi connectivity index (χ4v) is 2.30. The second-order valence-electron chi connectivity index (χ2n) is 5.33. The minimum absolute atomic E-state index is 0.139. The summed E-state index contributed by atoms with van der Waals surface area (Å²) in [4.78, 5) is 23.1. The largest absolute Gasteiger partial charge is 0.481 e. The topological polar surface area (TPSA) is 78.4 Å². The molecular weight excluding hydrogens is 256 g/mol. The van der Waals surface area contributed by atoms with Crippen LogP contribution in [0, 0.1) is 5.92 Å². The van der Waals surface area contributed by atoms with Crippen LogP contribution < -0.4 is 10.6 Å². The quantitative estimate of drug-likeness (QED) is 0.764. The molecule has 20 heavy (non-hydrogen) atoms. The van der Waals surface area contributed by atoms with Crippen LogP contribution in [0.15, 0.2) is 24.3 Å². The van der Waals surface area contributed by atoms with Crippen molar-refractivity contribution in [2.24, 2.45) is 5.92 Å². The van der Waals surface area contributed by atoms with Crippen molar-refractivity contribution in [1.82, 2.24) is 10.6 Å². The number of benzene rings is 1. The van der Waals surface area contributed by atoms with E-state index < -0.39 is 11.9 Å². The van der Waals surface area contributed by atoms with Gasteiger partial charge in [0, 0.05) is 12.6 Å². The molecule has 1 aromatic carbocycles. The molecule has 1 aliphatic rings. The van der Waals surface area contributed by atoms with E-state index in [0.29, 0.717) is 13.0 Å². The Balaban J connectivity index is 1.96. The predicted octanol–water partition coefficient (Wildman–Crippen LogP) is 0.926. The van der Waals surface area contributed by atoms with Crippen LogP contribution in [0.1, 0.15) is 25.0 Å². The molecule has 2 rings (SSSR count). The first-order valence-corrected chi connectivity index (χ1v) is 6.82. The van der Waals surface area contributed by atoms with Gasteiger partial charge in [-0.2, -0.15) is 0 Å². The van der Waals surface area contributed by atoms with Gasteiger partial charge >= 0.3 is 5.97 Å². The van der Waals surface area contributed by atoms with Crippen LogP contribution in [-0.4, -0.2) is 29.1 Å². The van der Waals surface area contributed by atoms with Gasteiger partial charge in [0.05, 0.1) is 12.0 Å². The van der Waals surface area contributed by atoms with Crippen molar-refractivity contribution >= 4 is 11.9 Å². The average Bonchev–Trinajstić information content (AvgIpc) is 2.45. The highest BCUT2D eigenvalue weighted by Gasteiger charge is 2.27. The molecule has 5 nitrogen and oxygen atoms in total. The normalized spacial score (nSPS) is 20.6. The van der Waals surface area contributed by atoms with Crippen LogP contribution in [0.4, 0.5) is 0 Å².